The predicted molar refractivity (Wildman–Crippen MR) is 96.0 cm³/mol. The monoisotopic (exact) mass is 362 g/mol. The van der Waals surface area contributed by atoms with Crippen LogP contribution in [0.2, 0.25) is 10.0 Å². The Morgan fingerprint density at radius 3 is 2.64 bits per heavy atom. The number of hydrogen-bond donors (Lipinski definition) is 3. The first-order chi connectivity index (χ1) is 10.4. The Labute approximate surface area is 146 Å². The zero-order valence-electron chi connectivity index (χ0n) is 12.4. The van der Waals surface area contributed by atoms with Gasteiger partial charge in [0.2, 0.25) is 0 Å². The summed E-state index contributed by atoms with van der Waals surface area (Å²) in [5, 5.41) is 16.5. The molecule has 0 heterocycles. The number of benzene rings is 1. The van der Waals surface area contributed by atoms with Gasteiger partial charge in [-0.3, -0.25) is 4.79 Å². The van der Waals surface area contributed by atoms with E-state index in [1.807, 2.05) is 6.92 Å². The number of carboxylic acids is 1. The molecule has 0 radical (unpaired) electrons. The van der Waals surface area contributed by atoms with Crippen molar-refractivity contribution >= 4 is 52.2 Å². The normalized spacial score (nSPS) is 11.8. The van der Waals surface area contributed by atoms with Gasteiger partial charge in [-0.1, -0.05) is 43.0 Å². The smallest absolute Gasteiger partial charge is 0.306 e. The minimum absolute atomic E-state index is 0.333. The molecule has 0 aliphatic rings. The van der Waals surface area contributed by atoms with E-state index in [2.05, 4.69) is 10.6 Å². The Balaban J connectivity index is 2.38. The molecule has 1 aromatic carbocycles. The van der Waals surface area contributed by atoms with Gasteiger partial charge in [-0.05, 0) is 43.3 Å². The Kier molecular flexibility index (Phi) is 8.53. The molecule has 0 spiro atoms. The number of carbonyl (C=O) groups is 1. The van der Waals surface area contributed by atoms with E-state index in [4.69, 9.17) is 40.5 Å². The van der Waals surface area contributed by atoms with Crippen LogP contribution in [-0.4, -0.2) is 22.7 Å². The molecule has 0 fully saturated rings. The summed E-state index contributed by atoms with van der Waals surface area (Å²) in [7, 11) is 0. The fourth-order valence-electron chi connectivity index (χ4n) is 1.95. The lowest BCUT2D eigenvalue weighted by Crippen LogP contribution is -2.31. The van der Waals surface area contributed by atoms with E-state index in [0.29, 0.717) is 34.5 Å². The first-order valence-corrected chi connectivity index (χ1v) is 8.33. The minimum Gasteiger partial charge on any atom is -0.481 e. The zero-order chi connectivity index (χ0) is 16.5. The highest BCUT2D eigenvalue weighted by molar-refractivity contribution is 7.80. The van der Waals surface area contributed by atoms with Crippen LogP contribution in [0.4, 0.5) is 5.69 Å². The lowest BCUT2D eigenvalue weighted by Gasteiger charge is -2.14. The summed E-state index contributed by atoms with van der Waals surface area (Å²) in [5.41, 5.74) is 0.729. The SMILES string of the molecule is CCCCC(CCNC(=S)Nc1ccc(Cl)c(Cl)c1)C(=O)O. The van der Waals surface area contributed by atoms with E-state index in [-0.39, 0.29) is 5.92 Å². The van der Waals surface area contributed by atoms with Gasteiger partial charge in [0.1, 0.15) is 0 Å². The summed E-state index contributed by atoms with van der Waals surface area (Å²) < 4.78 is 0. The van der Waals surface area contributed by atoms with Gasteiger partial charge in [-0.2, -0.15) is 0 Å². The van der Waals surface area contributed by atoms with Gasteiger partial charge >= 0.3 is 5.97 Å². The average molecular weight is 363 g/mol. The largest absolute Gasteiger partial charge is 0.481 e. The second-order valence-electron chi connectivity index (χ2n) is 4.98. The first-order valence-electron chi connectivity index (χ1n) is 7.16. The number of aliphatic carboxylic acids is 1. The fraction of sp³-hybridized carbons (Fsp3) is 0.467. The van der Waals surface area contributed by atoms with Crippen LogP contribution >= 0.6 is 35.4 Å². The van der Waals surface area contributed by atoms with Crippen LogP contribution in [0.25, 0.3) is 0 Å². The number of anilines is 1. The van der Waals surface area contributed by atoms with Gasteiger partial charge in [-0.15, -0.1) is 0 Å². The second kappa shape index (κ2) is 9.87. The van der Waals surface area contributed by atoms with Crippen LogP contribution in [0.15, 0.2) is 18.2 Å². The van der Waals surface area contributed by atoms with Crippen molar-refractivity contribution in [1.29, 1.82) is 0 Å². The molecule has 4 nitrogen and oxygen atoms in total. The number of hydrogen-bond acceptors (Lipinski definition) is 2. The molecule has 122 valence electrons. The summed E-state index contributed by atoms with van der Waals surface area (Å²) >= 11 is 16.9. The van der Waals surface area contributed by atoms with Crippen LogP contribution in [-0.2, 0) is 4.79 Å². The first kappa shape index (κ1) is 19.0. The van der Waals surface area contributed by atoms with Crippen molar-refractivity contribution in [3.63, 3.8) is 0 Å². The molecule has 1 unspecified atom stereocenters. The van der Waals surface area contributed by atoms with E-state index in [1.54, 1.807) is 18.2 Å². The van der Waals surface area contributed by atoms with Crippen LogP contribution < -0.4 is 10.6 Å². The quantitative estimate of drug-likeness (QED) is 0.591. The highest BCUT2D eigenvalue weighted by Gasteiger charge is 2.16. The van der Waals surface area contributed by atoms with E-state index >= 15 is 0 Å². The van der Waals surface area contributed by atoms with Crippen molar-refractivity contribution in [2.75, 3.05) is 11.9 Å². The molecular formula is C15H20Cl2N2O2S. The summed E-state index contributed by atoms with van der Waals surface area (Å²) in [6, 6.07) is 5.13. The molecule has 7 heteroatoms. The third-order valence-corrected chi connectivity index (χ3v) is 4.20. The summed E-state index contributed by atoms with van der Waals surface area (Å²) in [4.78, 5) is 11.1. The number of halogens is 2. The topological polar surface area (TPSA) is 61.4 Å². The van der Waals surface area contributed by atoms with E-state index in [1.165, 1.54) is 0 Å². The van der Waals surface area contributed by atoms with Crippen molar-refractivity contribution in [3.8, 4) is 0 Å². The van der Waals surface area contributed by atoms with E-state index < -0.39 is 5.97 Å². The van der Waals surface area contributed by atoms with Gasteiger partial charge in [0.15, 0.2) is 5.11 Å². The van der Waals surface area contributed by atoms with E-state index in [9.17, 15) is 4.79 Å². The molecular weight excluding hydrogens is 343 g/mol. The summed E-state index contributed by atoms with van der Waals surface area (Å²) in [5.74, 6) is -1.08. The zero-order valence-corrected chi connectivity index (χ0v) is 14.7. The highest BCUT2D eigenvalue weighted by atomic mass is 35.5. The van der Waals surface area contributed by atoms with Crippen molar-refractivity contribution < 1.29 is 9.90 Å². The number of rotatable bonds is 8. The number of unbranched alkanes of at least 4 members (excludes halogenated alkanes) is 1. The fourth-order valence-corrected chi connectivity index (χ4v) is 2.47. The summed E-state index contributed by atoms with van der Waals surface area (Å²) in [6.45, 7) is 2.56. The molecule has 1 aromatic rings. The van der Waals surface area contributed by atoms with Crippen molar-refractivity contribution in [2.45, 2.75) is 32.6 Å². The van der Waals surface area contributed by atoms with Gasteiger partial charge in [0.25, 0.3) is 0 Å². The summed E-state index contributed by atoms with van der Waals surface area (Å²) in [6.07, 6.45) is 3.15. The molecule has 0 aliphatic carbocycles. The van der Waals surface area contributed by atoms with Crippen LogP contribution in [0, 0.1) is 5.92 Å². The van der Waals surface area contributed by atoms with Crippen LogP contribution in [0.5, 0.6) is 0 Å². The third kappa shape index (κ3) is 6.81. The molecule has 0 saturated carbocycles. The molecule has 1 rings (SSSR count). The maximum atomic E-state index is 11.1. The van der Waals surface area contributed by atoms with Crippen molar-refractivity contribution in [3.05, 3.63) is 28.2 Å². The lowest BCUT2D eigenvalue weighted by atomic mass is 9.99. The van der Waals surface area contributed by atoms with Crippen molar-refractivity contribution in [2.24, 2.45) is 5.92 Å². The number of carboxylic acid groups (broad SMARTS) is 1. The second-order valence-corrected chi connectivity index (χ2v) is 6.20. The third-order valence-electron chi connectivity index (χ3n) is 3.21. The molecule has 1 atom stereocenters. The Morgan fingerprint density at radius 2 is 2.05 bits per heavy atom. The molecule has 0 aliphatic heterocycles. The molecule has 0 saturated heterocycles. The van der Waals surface area contributed by atoms with E-state index in [0.717, 1.165) is 18.5 Å². The molecule has 0 bridgehead atoms. The number of thiocarbonyl (C=S) groups is 1. The van der Waals surface area contributed by atoms with Gasteiger partial charge in [0.05, 0.1) is 16.0 Å². The Hall–Kier alpha value is -1.04. The maximum Gasteiger partial charge on any atom is 0.306 e. The maximum absolute atomic E-state index is 11.1. The highest BCUT2D eigenvalue weighted by Crippen LogP contribution is 2.24. The Bertz CT molecular complexity index is 526. The molecule has 22 heavy (non-hydrogen) atoms. The molecule has 3 N–H and O–H groups in total. The van der Waals surface area contributed by atoms with Crippen molar-refractivity contribution in [1.82, 2.24) is 5.32 Å². The predicted octanol–water partition coefficient (Wildman–Crippen LogP) is 4.56. The van der Waals surface area contributed by atoms with Gasteiger partial charge < -0.3 is 15.7 Å². The minimum atomic E-state index is -0.751. The van der Waals surface area contributed by atoms with Crippen LogP contribution in [0.1, 0.15) is 32.6 Å². The Morgan fingerprint density at radius 1 is 1.32 bits per heavy atom. The molecule has 0 amide bonds. The average Bonchev–Trinajstić information content (AvgIpc) is 2.46. The molecule has 0 aromatic heterocycles. The standard InChI is InChI=1S/C15H20Cl2N2O2S/c1-2-3-4-10(14(20)21)7-8-18-15(22)19-11-5-6-12(16)13(17)9-11/h5-6,9-10H,2-4,7-8H2,1H3,(H,20,21)(H2,18,19,22). The van der Waals surface area contributed by atoms with Gasteiger partial charge in [0, 0.05) is 12.2 Å². The van der Waals surface area contributed by atoms with Gasteiger partial charge in [-0.25, -0.2) is 0 Å². The lowest BCUT2D eigenvalue weighted by molar-refractivity contribution is -0.142. The number of nitrogens with one attached hydrogen (secondary N) is 2. The van der Waals surface area contributed by atoms with Crippen LogP contribution in [0.3, 0.4) is 0 Å².